The SMILES string of the molecule is C=CCC(C)/C=C(\C)CO. The van der Waals surface area contributed by atoms with Gasteiger partial charge in [-0.25, -0.2) is 0 Å². The molecular weight excluding hydrogens is 124 g/mol. The van der Waals surface area contributed by atoms with Gasteiger partial charge < -0.3 is 5.11 Å². The van der Waals surface area contributed by atoms with Gasteiger partial charge in [0, 0.05) is 0 Å². The molecule has 0 aromatic carbocycles. The van der Waals surface area contributed by atoms with Gasteiger partial charge in [0.1, 0.15) is 0 Å². The molecule has 58 valence electrons. The summed E-state index contributed by atoms with van der Waals surface area (Å²) in [6, 6.07) is 0. The third-order valence-corrected chi connectivity index (χ3v) is 1.36. The predicted octanol–water partition coefficient (Wildman–Crippen LogP) is 2.14. The van der Waals surface area contributed by atoms with Gasteiger partial charge in [0.2, 0.25) is 0 Å². The highest BCUT2D eigenvalue weighted by Gasteiger charge is 1.93. The molecule has 0 aromatic heterocycles. The van der Waals surface area contributed by atoms with E-state index in [2.05, 4.69) is 19.6 Å². The molecule has 0 saturated heterocycles. The van der Waals surface area contributed by atoms with Gasteiger partial charge in [0.25, 0.3) is 0 Å². The van der Waals surface area contributed by atoms with Gasteiger partial charge in [-0.3, -0.25) is 0 Å². The molecule has 1 unspecified atom stereocenters. The third-order valence-electron chi connectivity index (χ3n) is 1.36. The van der Waals surface area contributed by atoms with Crippen molar-refractivity contribution in [3.8, 4) is 0 Å². The molecule has 0 aliphatic heterocycles. The Hall–Kier alpha value is -0.560. The lowest BCUT2D eigenvalue weighted by molar-refractivity contribution is 0.330. The quantitative estimate of drug-likeness (QED) is 0.593. The Morgan fingerprint density at radius 1 is 1.70 bits per heavy atom. The monoisotopic (exact) mass is 140 g/mol. The Balaban J connectivity index is 3.73. The average molecular weight is 140 g/mol. The molecule has 10 heavy (non-hydrogen) atoms. The molecule has 0 spiro atoms. The van der Waals surface area contributed by atoms with E-state index in [0.717, 1.165) is 12.0 Å². The van der Waals surface area contributed by atoms with Crippen LogP contribution >= 0.6 is 0 Å². The molecule has 0 bridgehead atoms. The minimum atomic E-state index is 0.168. The fourth-order valence-corrected chi connectivity index (χ4v) is 0.869. The Bertz CT molecular complexity index is 125. The van der Waals surface area contributed by atoms with Crippen LogP contribution in [0.5, 0.6) is 0 Å². The van der Waals surface area contributed by atoms with Crippen LogP contribution in [0.25, 0.3) is 0 Å². The van der Waals surface area contributed by atoms with E-state index in [-0.39, 0.29) is 6.61 Å². The van der Waals surface area contributed by atoms with Crippen LogP contribution < -0.4 is 0 Å². The van der Waals surface area contributed by atoms with E-state index in [1.54, 1.807) is 0 Å². The van der Waals surface area contributed by atoms with Gasteiger partial charge in [-0.15, -0.1) is 6.58 Å². The van der Waals surface area contributed by atoms with Crippen LogP contribution in [-0.2, 0) is 0 Å². The summed E-state index contributed by atoms with van der Waals surface area (Å²) in [6.45, 7) is 7.85. The minimum Gasteiger partial charge on any atom is -0.392 e. The lowest BCUT2D eigenvalue weighted by atomic mass is 10.1. The van der Waals surface area contributed by atoms with Crippen molar-refractivity contribution >= 4 is 0 Å². The number of aliphatic hydroxyl groups is 1. The van der Waals surface area contributed by atoms with Gasteiger partial charge in [0.15, 0.2) is 0 Å². The van der Waals surface area contributed by atoms with Crippen molar-refractivity contribution in [2.75, 3.05) is 6.61 Å². The maximum absolute atomic E-state index is 8.66. The van der Waals surface area contributed by atoms with Crippen molar-refractivity contribution in [1.82, 2.24) is 0 Å². The molecule has 0 rings (SSSR count). The Morgan fingerprint density at radius 2 is 2.30 bits per heavy atom. The normalized spacial score (nSPS) is 14.9. The third kappa shape index (κ3) is 4.33. The van der Waals surface area contributed by atoms with Crippen LogP contribution in [0.15, 0.2) is 24.3 Å². The highest BCUT2D eigenvalue weighted by atomic mass is 16.3. The molecular formula is C9H16O. The minimum absolute atomic E-state index is 0.168. The van der Waals surface area contributed by atoms with Crippen LogP contribution in [0.4, 0.5) is 0 Å². The topological polar surface area (TPSA) is 20.2 Å². The molecule has 0 aromatic rings. The van der Waals surface area contributed by atoms with Crippen molar-refractivity contribution in [2.24, 2.45) is 5.92 Å². The summed E-state index contributed by atoms with van der Waals surface area (Å²) in [4.78, 5) is 0. The molecule has 0 fully saturated rings. The fourth-order valence-electron chi connectivity index (χ4n) is 0.869. The summed E-state index contributed by atoms with van der Waals surface area (Å²) in [6.07, 6.45) is 4.95. The van der Waals surface area contributed by atoms with Crippen molar-refractivity contribution in [2.45, 2.75) is 20.3 Å². The predicted molar refractivity (Wildman–Crippen MR) is 44.8 cm³/mol. The first kappa shape index (κ1) is 9.44. The Morgan fingerprint density at radius 3 is 2.70 bits per heavy atom. The first-order valence-corrected chi connectivity index (χ1v) is 3.59. The molecule has 1 atom stereocenters. The zero-order valence-electron chi connectivity index (χ0n) is 6.80. The smallest absolute Gasteiger partial charge is 0.0639 e. The van der Waals surface area contributed by atoms with Crippen molar-refractivity contribution in [3.63, 3.8) is 0 Å². The van der Waals surface area contributed by atoms with E-state index in [1.165, 1.54) is 0 Å². The summed E-state index contributed by atoms with van der Waals surface area (Å²) in [5, 5.41) is 8.66. The van der Waals surface area contributed by atoms with E-state index in [0.29, 0.717) is 5.92 Å². The molecule has 0 amide bonds. The molecule has 0 aliphatic rings. The Kier molecular flexibility index (Phi) is 4.95. The van der Waals surface area contributed by atoms with Gasteiger partial charge >= 0.3 is 0 Å². The summed E-state index contributed by atoms with van der Waals surface area (Å²) in [7, 11) is 0. The average Bonchev–Trinajstić information content (AvgIpc) is 1.88. The molecule has 0 heterocycles. The molecule has 0 saturated carbocycles. The molecule has 1 heteroatoms. The van der Waals surface area contributed by atoms with E-state index in [9.17, 15) is 0 Å². The maximum atomic E-state index is 8.66. The van der Waals surface area contributed by atoms with Gasteiger partial charge in [-0.1, -0.05) is 24.6 Å². The fraction of sp³-hybridized carbons (Fsp3) is 0.556. The number of hydrogen-bond acceptors (Lipinski definition) is 1. The van der Waals surface area contributed by atoms with Crippen molar-refractivity contribution < 1.29 is 5.11 Å². The second kappa shape index (κ2) is 5.24. The second-order valence-electron chi connectivity index (χ2n) is 2.67. The van der Waals surface area contributed by atoms with Crippen LogP contribution in [0.2, 0.25) is 0 Å². The maximum Gasteiger partial charge on any atom is 0.0639 e. The van der Waals surface area contributed by atoms with Crippen LogP contribution in [0, 0.1) is 5.92 Å². The highest BCUT2D eigenvalue weighted by molar-refractivity contribution is 5.01. The largest absolute Gasteiger partial charge is 0.392 e. The molecule has 1 N–H and O–H groups in total. The number of aliphatic hydroxyl groups excluding tert-OH is 1. The van der Waals surface area contributed by atoms with E-state index in [1.807, 2.05) is 13.0 Å². The first-order chi connectivity index (χ1) is 4.70. The number of rotatable bonds is 4. The van der Waals surface area contributed by atoms with Gasteiger partial charge in [-0.2, -0.15) is 0 Å². The lowest BCUT2D eigenvalue weighted by Crippen LogP contribution is -1.91. The second-order valence-corrected chi connectivity index (χ2v) is 2.67. The molecule has 0 aliphatic carbocycles. The summed E-state index contributed by atoms with van der Waals surface area (Å²) >= 11 is 0. The van der Waals surface area contributed by atoms with Crippen molar-refractivity contribution in [3.05, 3.63) is 24.3 Å². The first-order valence-electron chi connectivity index (χ1n) is 3.59. The summed E-state index contributed by atoms with van der Waals surface area (Å²) in [5.74, 6) is 0.504. The van der Waals surface area contributed by atoms with E-state index < -0.39 is 0 Å². The number of allylic oxidation sites excluding steroid dienone is 2. The summed E-state index contributed by atoms with van der Waals surface area (Å²) in [5.41, 5.74) is 1.04. The lowest BCUT2D eigenvalue weighted by Gasteiger charge is -2.02. The van der Waals surface area contributed by atoms with Crippen LogP contribution in [0.1, 0.15) is 20.3 Å². The van der Waals surface area contributed by atoms with Crippen LogP contribution in [0.3, 0.4) is 0 Å². The van der Waals surface area contributed by atoms with Crippen molar-refractivity contribution in [1.29, 1.82) is 0 Å². The zero-order valence-corrected chi connectivity index (χ0v) is 6.80. The molecule has 1 nitrogen and oxygen atoms in total. The Labute approximate surface area is 63.1 Å². The van der Waals surface area contributed by atoms with E-state index in [4.69, 9.17) is 5.11 Å². The number of hydrogen-bond donors (Lipinski definition) is 1. The van der Waals surface area contributed by atoms with Gasteiger partial charge in [-0.05, 0) is 19.3 Å². The van der Waals surface area contributed by atoms with Crippen LogP contribution in [-0.4, -0.2) is 11.7 Å². The van der Waals surface area contributed by atoms with Gasteiger partial charge in [0.05, 0.1) is 6.61 Å². The highest BCUT2D eigenvalue weighted by Crippen LogP contribution is 2.06. The zero-order chi connectivity index (χ0) is 7.98. The summed E-state index contributed by atoms with van der Waals surface area (Å²) < 4.78 is 0. The standard InChI is InChI=1S/C9H16O/c1-4-5-8(2)6-9(3)7-10/h4,6,8,10H,1,5,7H2,2-3H3/b9-6+. The molecule has 0 radical (unpaired) electrons. The van der Waals surface area contributed by atoms with E-state index >= 15 is 0 Å².